The summed E-state index contributed by atoms with van der Waals surface area (Å²) in [6.07, 6.45) is 0.992. The zero-order valence-corrected chi connectivity index (χ0v) is 10.6. The molecule has 1 aromatic carbocycles. The average molecular weight is 277 g/mol. The quantitative estimate of drug-likeness (QED) is 0.671. The number of hydrogen-bond acceptors (Lipinski definition) is 3. The van der Waals surface area contributed by atoms with Crippen LogP contribution in [0.15, 0.2) is 12.1 Å². The third-order valence-corrected chi connectivity index (χ3v) is 3.29. The molecule has 6 heteroatoms. The third-order valence-electron chi connectivity index (χ3n) is 2.87. The highest BCUT2D eigenvalue weighted by Crippen LogP contribution is 2.16. The fourth-order valence-corrected chi connectivity index (χ4v) is 2.23. The van der Waals surface area contributed by atoms with Crippen molar-refractivity contribution in [2.75, 3.05) is 19.8 Å². The molecule has 18 heavy (non-hydrogen) atoms. The monoisotopic (exact) mass is 277 g/mol. The van der Waals surface area contributed by atoms with Crippen molar-refractivity contribution in [3.8, 4) is 0 Å². The second-order valence-electron chi connectivity index (χ2n) is 4.35. The van der Waals surface area contributed by atoms with Gasteiger partial charge in [-0.2, -0.15) is 12.6 Å². The first-order valence-electron chi connectivity index (χ1n) is 5.68. The second kappa shape index (κ2) is 5.95. The zero-order chi connectivity index (χ0) is 13.1. The van der Waals surface area contributed by atoms with Crippen molar-refractivity contribution < 1.29 is 17.9 Å². The Hall–Kier alpha value is -0.720. The Balaban J connectivity index is 1.85. The first kappa shape index (κ1) is 13.7. The number of likely N-dealkylation sites (tertiary alicyclic amines) is 1. The van der Waals surface area contributed by atoms with Gasteiger partial charge in [0.2, 0.25) is 0 Å². The van der Waals surface area contributed by atoms with Crippen LogP contribution in [0.25, 0.3) is 0 Å². The van der Waals surface area contributed by atoms with Gasteiger partial charge >= 0.3 is 0 Å². The van der Waals surface area contributed by atoms with Gasteiger partial charge in [-0.15, -0.1) is 0 Å². The minimum absolute atomic E-state index is 0.0236. The summed E-state index contributed by atoms with van der Waals surface area (Å²) in [5.41, 5.74) is 0.0236. The molecular weight excluding hydrogens is 263 g/mol. The van der Waals surface area contributed by atoms with Crippen molar-refractivity contribution in [2.45, 2.75) is 18.3 Å². The fourth-order valence-electron chi connectivity index (χ4n) is 1.89. The van der Waals surface area contributed by atoms with Crippen LogP contribution in [0.1, 0.15) is 12.0 Å². The SMILES string of the molecule is Fc1cc(F)c(COCN2CCC(S)C2)cc1F. The van der Waals surface area contributed by atoms with Crippen molar-refractivity contribution in [2.24, 2.45) is 0 Å². The van der Waals surface area contributed by atoms with E-state index in [-0.39, 0.29) is 12.2 Å². The summed E-state index contributed by atoms with van der Waals surface area (Å²) >= 11 is 4.34. The van der Waals surface area contributed by atoms with Crippen LogP contribution in [0.3, 0.4) is 0 Å². The molecule has 0 bridgehead atoms. The summed E-state index contributed by atoms with van der Waals surface area (Å²) in [5, 5.41) is 0.341. The second-order valence-corrected chi connectivity index (χ2v) is 5.09. The number of ether oxygens (including phenoxy) is 1. The lowest BCUT2D eigenvalue weighted by Gasteiger charge is -2.15. The standard InChI is InChI=1S/C12H14F3NOS/c13-10-4-12(15)11(14)3-8(10)6-17-7-16-2-1-9(18)5-16/h3-4,9,18H,1-2,5-7H2. The van der Waals surface area contributed by atoms with Crippen LogP contribution in [0.4, 0.5) is 13.2 Å². The van der Waals surface area contributed by atoms with E-state index >= 15 is 0 Å². The average Bonchev–Trinajstić information content (AvgIpc) is 2.71. The molecule has 0 amide bonds. The lowest BCUT2D eigenvalue weighted by Crippen LogP contribution is -2.24. The molecule has 1 unspecified atom stereocenters. The molecule has 0 aromatic heterocycles. The van der Waals surface area contributed by atoms with E-state index in [2.05, 4.69) is 12.6 Å². The highest BCUT2D eigenvalue weighted by Gasteiger charge is 2.19. The molecule has 1 saturated heterocycles. The Labute approximate surface area is 109 Å². The summed E-state index contributed by atoms with van der Waals surface area (Å²) in [7, 11) is 0. The molecule has 0 saturated carbocycles. The van der Waals surface area contributed by atoms with Crippen LogP contribution in [-0.4, -0.2) is 30.0 Å². The molecule has 1 aliphatic heterocycles. The van der Waals surface area contributed by atoms with Crippen LogP contribution in [0.5, 0.6) is 0 Å². The highest BCUT2D eigenvalue weighted by atomic mass is 32.1. The minimum atomic E-state index is -1.19. The van der Waals surface area contributed by atoms with Gasteiger partial charge in [0, 0.05) is 30.0 Å². The van der Waals surface area contributed by atoms with Gasteiger partial charge in [0.05, 0.1) is 13.3 Å². The third kappa shape index (κ3) is 3.40. The van der Waals surface area contributed by atoms with Gasteiger partial charge in [0.25, 0.3) is 0 Å². The van der Waals surface area contributed by atoms with Gasteiger partial charge in [-0.3, -0.25) is 4.90 Å². The maximum atomic E-state index is 13.3. The van der Waals surface area contributed by atoms with Crippen molar-refractivity contribution in [3.05, 3.63) is 35.1 Å². The normalized spacial score (nSPS) is 20.6. The van der Waals surface area contributed by atoms with E-state index in [0.29, 0.717) is 18.0 Å². The molecule has 1 atom stereocenters. The molecule has 0 spiro atoms. The predicted molar refractivity (Wildman–Crippen MR) is 64.9 cm³/mol. The molecular formula is C12H14F3NOS. The van der Waals surface area contributed by atoms with E-state index in [1.54, 1.807) is 0 Å². The van der Waals surface area contributed by atoms with E-state index < -0.39 is 17.5 Å². The Morgan fingerprint density at radius 1 is 1.22 bits per heavy atom. The molecule has 2 nitrogen and oxygen atoms in total. The molecule has 0 radical (unpaired) electrons. The van der Waals surface area contributed by atoms with Crippen LogP contribution in [-0.2, 0) is 11.3 Å². The highest BCUT2D eigenvalue weighted by molar-refractivity contribution is 7.81. The van der Waals surface area contributed by atoms with Crippen molar-refractivity contribution >= 4 is 12.6 Å². The van der Waals surface area contributed by atoms with Gasteiger partial charge < -0.3 is 4.74 Å². The zero-order valence-electron chi connectivity index (χ0n) is 9.70. The topological polar surface area (TPSA) is 12.5 Å². The number of thiol groups is 1. The summed E-state index contributed by atoms with van der Waals surface area (Å²) < 4.78 is 44.2. The van der Waals surface area contributed by atoms with Gasteiger partial charge in [-0.25, -0.2) is 13.2 Å². The van der Waals surface area contributed by atoms with Crippen LogP contribution >= 0.6 is 12.6 Å². The molecule has 2 rings (SSSR count). The maximum absolute atomic E-state index is 13.3. The molecule has 1 heterocycles. The number of halogens is 3. The molecule has 100 valence electrons. The Morgan fingerprint density at radius 3 is 2.61 bits per heavy atom. The Kier molecular flexibility index (Phi) is 4.53. The summed E-state index contributed by atoms with van der Waals surface area (Å²) in [6, 6.07) is 1.36. The van der Waals surface area contributed by atoms with Gasteiger partial charge in [-0.05, 0) is 12.5 Å². The summed E-state index contributed by atoms with van der Waals surface area (Å²) in [4.78, 5) is 2.04. The van der Waals surface area contributed by atoms with E-state index in [1.165, 1.54) is 0 Å². The van der Waals surface area contributed by atoms with Crippen LogP contribution < -0.4 is 0 Å². The van der Waals surface area contributed by atoms with Crippen molar-refractivity contribution in [1.29, 1.82) is 0 Å². The lowest BCUT2D eigenvalue weighted by atomic mass is 10.2. The summed E-state index contributed by atoms with van der Waals surface area (Å²) in [5.74, 6) is -3.04. The van der Waals surface area contributed by atoms with Crippen LogP contribution in [0, 0.1) is 17.5 Å². The Bertz CT molecular complexity index is 430. The van der Waals surface area contributed by atoms with Gasteiger partial charge in [0.1, 0.15) is 5.82 Å². The van der Waals surface area contributed by atoms with Crippen molar-refractivity contribution in [3.63, 3.8) is 0 Å². The Morgan fingerprint density at radius 2 is 1.94 bits per heavy atom. The van der Waals surface area contributed by atoms with E-state index in [0.717, 1.165) is 25.6 Å². The van der Waals surface area contributed by atoms with E-state index in [9.17, 15) is 13.2 Å². The van der Waals surface area contributed by atoms with E-state index in [1.807, 2.05) is 4.90 Å². The molecule has 0 N–H and O–H groups in total. The maximum Gasteiger partial charge on any atom is 0.161 e. The van der Waals surface area contributed by atoms with Gasteiger partial charge in [0.15, 0.2) is 11.6 Å². The largest absolute Gasteiger partial charge is 0.361 e. The predicted octanol–water partition coefficient (Wildman–Crippen LogP) is 2.58. The summed E-state index contributed by atoms with van der Waals surface area (Å²) in [6.45, 7) is 1.98. The number of hydrogen-bond donors (Lipinski definition) is 1. The smallest absolute Gasteiger partial charge is 0.161 e. The minimum Gasteiger partial charge on any atom is -0.361 e. The number of nitrogens with zero attached hydrogens (tertiary/aromatic N) is 1. The fraction of sp³-hybridized carbons (Fsp3) is 0.500. The van der Waals surface area contributed by atoms with Crippen molar-refractivity contribution in [1.82, 2.24) is 4.90 Å². The van der Waals surface area contributed by atoms with E-state index in [4.69, 9.17) is 4.74 Å². The number of rotatable bonds is 4. The molecule has 1 aliphatic rings. The first-order chi connectivity index (χ1) is 8.56. The molecule has 1 fully saturated rings. The molecule has 1 aromatic rings. The van der Waals surface area contributed by atoms with Crippen LogP contribution in [0.2, 0.25) is 0 Å². The van der Waals surface area contributed by atoms with Gasteiger partial charge in [-0.1, -0.05) is 0 Å². The molecule has 0 aliphatic carbocycles. The lowest BCUT2D eigenvalue weighted by molar-refractivity contribution is 0.0300. The number of benzene rings is 1. The first-order valence-corrected chi connectivity index (χ1v) is 6.19.